The smallest absolute Gasteiger partial charge is 0.228 e. The molecule has 0 radical (unpaired) electrons. The van der Waals surface area contributed by atoms with Gasteiger partial charge in [0.05, 0.1) is 6.61 Å². The quantitative estimate of drug-likeness (QED) is 0.433. The standard InChI is InChI=1S/C25H29NO3.ClH/c1-3-18-7-12-21-22(13-16-26-14-5-6-15-26)25(29-23(21)17-18)24(27)19-8-10-20(11-9-19)28-4-2;/h7-12,17H,3-6,13-16H2,1-2H3;1H. The number of benzene rings is 2. The van der Waals surface area contributed by atoms with Crippen molar-refractivity contribution in [1.29, 1.82) is 0 Å². The molecule has 1 fully saturated rings. The fourth-order valence-electron chi connectivity index (χ4n) is 4.12. The first kappa shape index (κ1) is 22.4. The number of ketones is 1. The summed E-state index contributed by atoms with van der Waals surface area (Å²) in [6.07, 6.45) is 4.31. The van der Waals surface area contributed by atoms with Gasteiger partial charge in [-0.2, -0.15) is 0 Å². The molecule has 1 aromatic heterocycles. The van der Waals surface area contributed by atoms with E-state index in [1.54, 1.807) is 0 Å². The summed E-state index contributed by atoms with van der Waals surface area (Å²) < 4.78 is 11.7. The average Bonchev–Trinajstić information content (AvgIpc) is 3.39. The topological polar surface area (TPSA) is 42.7 Å². The van der Waals surface area contributed by atoms with Gasteiger partial charge in [-0.15, -0.1) is 12.4 Å². The highest BCUT2D eigenvalue weighted by atomic mass is 35.5. The number of hydrogen-bond donors (Lipinski definition) is 0. The van der Waals surface area contributed by atoms with Crippen LogP contribution >= 0.6 is 12.4 Å². The van der Waals surface area contributed by atoms with Crippen LogP contribution in [0.3, 0.4) is 0 Å². The Labute approximate surface area is 184 Å². The lowest BCUT2D eigenvalue weighted by Gasteiger charge is -2.14. The maximum Gasteiger partial charge on any atom is 0.228 e. The molecular formula is C25H30ClNO3. The molecule has 30 heavy (non-hydrogen) atoms. The Kier molecular flexibility index (Phi) is 7.57. The highest BCUT2D eigenvalue weighted by Gasteiger charge is 2.23. The van der Waals surface area contributed by atoms with Crippen molar-refractivity contribution in [2.24, 2.45) is 0 Å². The number of furan rings is 1. The molecule has 0 amide bonds. The van der Waals surface area contributed by atoms with E-state index < -0.39 is 0 Å². The van der Waals surface area contributed by atoms with E-state index in [1.165, 1.54) is 18.4 Å². The van der Waals surface area contributed by atoms with Crippen LogP contribution in [-0.2, 0) is 12.8 Å². The lowest BCUT2D eigenvalue weighted by atomic mass is 10.0. The van der Waals surface area contributed by atoms with Crippen molar-refractivity contribution in [2.75, 3.05) is 26.2 Å². The lowest BCUT2D eigenvalue weighted by Crippen LogP contribution is -2.22. The van der Waals surface area contributed by atoms with Gasteiger partial charge in [0, 0.05) is 23.1 Å². The number of aryl methyl sites for hydroxylation is 1. The molecule has 0 atom stereocenters. The highest BCUT2D eigenvalue weighted by molar-refractivity contribution is 6.10. The predicted octanol–water partition coefficient (Wildman–Crippen LogP) is 5.69. The second kappa shape index (κ2) is 10.1. The van der Waals surface area contributed by atoms with E-state index in [9.17, 15) is 4.79 Å². The molecule has 3 aromatic rings. The van der Waals surface area contributed by atoms with Gasteiger partial charge in [-0.3, -0.25) is 4.79 Å². The minimum atomic E-state index is -0.0567. The van der Waals surface area contributed by atoms with Gasteiger partial charge in [-0.25, -0.2) is 0 Å². The van der Waals surface area contributed by atoms with E-state index in [1.807, 2.05) is 31.2 Å². The van der Waals surface area contributed by atoms with Gasteiger partial charge in [-0.1, -0.05) is 19.1 Å². The van der Waals surface area contributed by atoms with Gasteiger partial charge in [0.2, 0.25) is 5.78 Å². The number of carbonyl (C=O) groups is 1. The van der Waals surface area contributed by atoms with Crippen molar-refractivity contribution in [1.82, 2.24) is 4.90 Å². The summed E-state index contributed by atoms with van der Waals surface area (Å²) in [6.45, 7) is 7.95. The Bertz CT molecular complexity index is 988. The van der Waals surface area contributed by atoms with Crippen LogP contribution in [0.5, 0.6) is 5.75 Å². The molecule has 0 unspecified atom stereocenters. The predicted molar refractivity (Wildman–Crippen MR) is 123 cm³/mol. The van der Waals surface area contributed by atoms with E-state index in [0.29, 0.717) is 17.9 Å². The summed E-state index contributed by atoms with van der Waals surface area (Å²) in [7, 11) is 0. The number of ether oxygens (including phenoxy) is 1. The second-order valence-corrected chi connectivity index (χ2v) is 7.68. The molecule has 2 aromatic carbocycles. The van der Waals surface area contributed by atoms with E-state index in [-0.39, 0.29) is 18.2 Å². The van der Waals surface area contributed by atoms with Crippen LogP contribution in [0.15, 0.2) is 46.9 Å². The first-order valence-electron chi connectivity index (χ1n) is 10.7. The first-order valence-corrected chi connectivity index (χ1v) is 10.7. The fourth-order valence-corrected chi connectivity index (χ4v) is 4.12. The third kappa shape index (κ3) is 4.71. The van der Waals surface area contributed by atoms with Crippen molar-refractivity contribution < 1.29 is 13.9 Å². The summed E-state index contributed by atoms with van der Waals surface area (Å²) in [4.78, 5) is 15.8. The highest BCUT2D eigenvalue weighted by Crippen LogP contribution is 2.30. The molecule has 4 nitrogen and oxygen atoms in total. The Hall–Kier alpha value is -2.30. The van der Waals surface area contributed by atoms with E-state index >= 15 is 0 Å². The third-order valence-electron chi connectivity index (χ3n) is 5.78. The van der Waals surface area contributed by atoms with Crippen LogP contribution in [-0.4, -0.2) is 36.9 Å². The normalized spacial score (nSPS) is 14.1. The Morgan fingerprint density at radius 2 is 1.80 bits per heavy atom. The van der Waals surface area contributed by atoms with Crippen LogP contribution in [0.25, 0.3) is 11.0 Å². The van der Waals surface area contributed by atoms with Crippen LogP contribution in [0.4, 0.5) is 0 Å². The molecule has 1 aliphatic heterocycles. The van der Waals surface area contributed by atoms with Gasteiger partial charge in [0.25, 0.3) is 0 Å². The van der Waals surface area contributed by atoms with E-state index in [2.05, 4.69) is 30.0 Å². The maximum atomic E-state index is 13.3. The van der Waals surface area contributed by atoms with Crippen molar-refractivity contribution in [3.63, 3.8) is 0 Å². The molecule has 2 heterocycles. The number of nitrogens with zero attached hydrogens (tertiary/aromatic N) is 1. The van der Waals surface area contributed by atoms with E-state index in [0.717, 1.165) is 54.8 Å². The molecule has 0 saturated carbocycles. The Morgan fingerprint density at radius 1 is 1.07 bits per heavy atom. The molecule has 0 spiro atoms. The van der Waals surface area contributed by atoms with Crippen molar-refractivity contribution in [3.05, 3.63) is 64.9 Å². The lowest BCUT2D eigenvalue weighted by molar-refractivity contribution is 0.101. The van der Waals surface area contributed by atoms with E-state index in [4.69, 9.17) is 9.15 Å². The summed E-state index contributed by atoms with van der Waals surface area (Å²) >= 11 is 0. The second-order valence-electron chi connectivity index (χ2n) is 7.68. The largest absolute Gasteiger partial charge is 0.494 e. The van der Waals surface area contributed by atoms with Gasteiger partial charge in [0.1, 0.15) is 11.3 Å². The van der Waals surface area contributed by atoms with Crippen molar-refractivity contribution in [3.8, 4) is 5.75 Å². The number of rotatable bonds is 8. The zero-order valence-electron chi connectivity index (χ0n) is 17.8. The number of fused-ring (bicyclic) bond motifs is 1. The minimum Gasteiger partial charge on any atom is -0.494 e. The van der Waals surface area contributed by atoms with Crippen molar-refractivity contribution >= 4 is 29.2 Å². The zero-order chi connectivity index (χ0) is 20.2. The molecule has 0 bridgehead atoms. The minimum absolute atomic E-state index is 0. The summed E-state index contributed by atoms with van der Waals surface area (Å²) in [6, 6.07) is 13.7. The van der Waals surface area contributed by atoms with Gasteiger partial charge in [0.15, 0.2) is 5.76 Å². The fraction of sp³-hybridized carbons (Fsp3) is 0.400. The van der Waals surface area contributed by atoms with Gasteiger partial charge >= 0.3 is 0 Å². The van der Waals surface area contributed by atoms with Crippen molar-refractivity contribution in [2.45, 2.75) is 39.5 Å². The number of likely N-dealkylation sites (tertiary alicyclic amines) is 1. The summed E-state index contributed by atoms with van der Waals surface area (Å²) in [5.41, 5.74) is 3.70. The molecule has 0 N–H and O–H groups in total. The van der Waals surface area contributed by atoms with Crippen LogP contribution in [0, 0.1) is 0 Å². The van der Waals surface area contributed by atoms with Crippen LogP contribution in [0.2, 0.25) is 0 Å². The average molecular weight is 428 g/mol. The van der Waals surface area contributed by atoms with Crippen LogP contribution in [0.1, 0.15) is 53.9 Å². The number of carbonyl (C=O) groups excluding carboxylic acids is 1. The molecule has 1 aliphatic rings. The molecular weight excluding hydrogens is 398 g/mol. The molecule has 0 aliphatic carbocycles. The Balaban J connectivity index is 0.00000256. The van der Waals surface area contributed by atoms with Gasteiger partial charge < -0.3 is 14.1 Å². The number of halogens is 1. The molecule has 4 rings (SSSR count). The summed E-state index contributed by atoms with van der Waals surface area (Å²) in [5.74, 6) is 1.20. The monoisotopic (exact) mass is 427 g/mol. The summed E-state index contributed by atoms with van der Waals surface area (Å²) in [5, 5.41) is 1.07. The molecule has 160 valence electrons. The SMILES string of the molecule is CCOc1ccc(C(=O)c2oc3cc(CC)ccc3c2CCN2CCCC2)cc1.Cl. The number of hydrogen-bond acceptors (Lipinski definition) is 4. The van der Waals surface area contributed by atoms with Gasteiger partial charge in [-0.05, 0) is 81.6 Å². The zero-order valence-corrected chi connectivity index (χ0v) is 18.6. The van der Waals surface area contributed by atoms with Crippen LogP contribution < -0.4 is 4.74 Å². The maximum absolute atomic E-state index is 13.3. The third-order valence-corrected chi connectivity index (χ3v) is 5.78. The Morgan fingerprint density at radius 3 is 2.47 bits per heavy atom. The molecule has 1 saturated heterocycles. The molecule has 5 heteroatoms. The first-order chi connectivity index (χ1) is 14.2.